The van der Waals surface area contributed by atoms with Crippen molar-refractivity contribution in [1.82, 2.24) is 9.80 Å². The van der Waals surface area contributed by atoms with E-state index in [9.17, 15) is 38.0 Å². The van der Waals surface area contributed by atoms with Crippen molar-refractivity contribution in [2.75, 3.05) is 32.8 Å². The first kappa shape index (κ1) is 22.8. The molecule has 0 atom stereocenters. The number of rotatable bonds is 5. The Morgan fingerprint density at radius 2 is 1.56 bits per heavy atom. The molecule has 0 aliphatic carbocycles. The van der Waals surface area contributed by atoms with E-state index in [0.717, 1.165) is 18.2 Å². The molecule has 3 rings (SSSR count). The molecule has 0 bridgehead atoms. The van der Waals surface area contributed by atoms with Gasteiger partial charge in [-0.3, -0.25) is 19.7 Å². The number of hydrogen-bond acceptors (Lipinski definition) is 6. The number of halogens is 3. The third-order valence-corrected chi connectivity index (χ3v) is 4.79. The summed E-state index contributed by atoms with van der Waals surface area (Å²) in [7, 11) is 0. The summed E-state index contributed by atoms with van der Waals surface area (Å²) in [5, 5.41) is 21.1. The number of carbonyl (C=O) groups excluding carboxylic acids is 2. The third-order valence-electron chi connectivity index (χ3n) is 4.79. The van der Waals surface area contributed by atoms with Crippen molar-refractivity contribution in [2.24, 2.45) is 0 Å². The number of aromatic hydroxyl groups is 1. The van der Waals surface area contributed by atoms with E-state index < -0.39 is 40.8 Å². The molecule has 1 N–H and O–H groups in total. The first-order valence-corrected chi connectivity index (χ1v) is 9.41. The minimum atomic E-state index is -4.61. The molecule has 2 aromatic rings. The minimum absolute atomic E-state index is 0.0446. The van der Waals surface area contributed by atoms with Gasteiger partial charge in [0.2, 0.25) is 0 Å². The fourth-order valence-corrected chi connectivity index (χ4v) is 3.21. The van der Waals surface area contributed by atoms with E-state index in [1.54, 1.807) is 12.1 Å². The molecule has 1 aliphatic heterocycles. The van der Waals surface area contributed by atoms with Crippen molar-refractivity contribution in [3.63, 3.8) is 0 Å². The molecule has 2 amide bonds. The number of piperazine rings is 1. The van der Waals surface area contributed by atoms with Gasteiger partial charge in [0.15, 0.2) is 6.61 Å². The molecular formula is C20H18F3N3O6. The maximum atomic E-state index is 12.9. The number of carbonyl (C=O) groups is 2. The summed E-state index contributed by atoms with van der Waals surface area (Å²) in [5.74, 6) is -1.69. The molecule has 0 spiro atoms. The molecule has 9 nitrogen and oxygen atoms in total. The van der Waals surface area contributed by atoms with Gasteiger partial charge < -0.3 is 19.6 Å². The van der Waals surface area contributed by atoms with Gasteiger partial charge in [0, 0.05) is 32.2 Å². The Morgan fingerprint density at radius 1 is 1.00 bits per heavy atom. The van der Waals surface area contributed by atoms with Gasteiger partial charge in [-0.25, -0.2) is 0 Å². The molecule has 0 aromatic heterocycles. The molecule has 2 aromatic carbocycles. The van der Waals surface area contributed by atoms with Gasteiger partial charge in [-0.1, -0.05) is 12.1 Å². The van der Waals surface area contributed by atoms with Gasteiger partial charge in [-0.15, -0.1) is 0 Å². The molecule has 32 heavy (non-hydrogen) atoms. The third kappa shape index (κ3) is 5.25. The Labute approximate surface area is 179 Å². The number of amides is 2. The van der Waals surface area contributed by atoms with Gasteiger partial charge in [0.1, 0.15) is 17.1 Å². The molecule has 0 unspecified atom stereocenters. The monoisotopic (exact) mass is 453 g/mol. The molecule has 1 heterocycles. The van der Waals surface area contributed by atoms with Crippen LogP contribution in [0.15, 0.2) is 42.5 Å². The van der Waals surface area contributed by atoms with Gasteiger partial charge in [-0.05, 0) is 24.3 Å². The van der Waals surface area contributed by atoms with Crippen molar-refractivity contribution in [2.45, 2.75) is 6.18 Å². The Morgan fingerprint density at radius 3 is 2.09 bits per heavy atom. The van der Waals surface area contributed by atoms with Gasteiger partial charge in [0.05, 0.1) is 10.5 Å². The number of phenolic OH excluding ortho intramolecular Hbond substituents is 1. The van der Waals surface area contributed by atoms with Crippen LogP contribution in [0.2, 0.25) is 0 Å². The summed E-state index contributed by atoms with van der Waals surface area (Å²) < 4.78 is 41.8. The van der Waals surface area contributed by atoms with E-state index in [0.29, 0.717) is 0 Å². The van der Waals surface area contributed by atoms with Crippen LogP contribution in [0, 0.1) is 10.1 Å². The number of nitrogens with zero attached hydrogens (tertiary/aromatic N) is 3. The highest BCUT2D eigenvalue weighted by atomic mass is 19.4. The number of para-hydroxylation sites is 1. The van der Waals surface area contributed by atoms with Crippen LogP contribution in [0.5, 0.6) is 11.5 Å². The van der Waals surface area contributed by atoms with E-state index in [2.05, 4.69) is 4.74 Å². The predicted octanol–water partition coefficient (Wildman–Crippen LogP) is 2.84. The van der Waals surface area contributed by atoms with Gasteiger partial charge >= 0.3 is 6.18 Å². The van der Waals surface area contributed by atoms with Crippen LogP contribution in [0.1, 0.15) is 20.7 Å². The minimum Gasteiger partial charge on any atom is -0.507 e. The number of nitro groups is 1. The SMILES string of the molecule is O=C(c1ccccc1O)N1CCN(C(=O)c2cc(OCC(F)(F)F)ccc2[N+](=O)[O-])CC1. The van der Waals surface area contributed by atoms with Crippen LogP contribution in [-0.2, 0) is 0 Å². The lowest BCUT2D eigenvalue weighted by molar-refractivity contribution is -0.385. The molecule has 1 saturated heterocycles. The Kier molecular flexibility index (Phi) is 6.51. The summed E-state index contributed by atoms with van der Waals surface area (Å²) in [6.45, 7) is -1.30. The van der Waals surface area contributed by atoms with Crippen LogP contribution < -0.4 is 4.74 Å². The first-order valence-electron chi connectivity index (χ1n) is 9.41. The van der Waals surface area contributed by atoms with E-state index in [1.807, 2.05) is 0 Å². The molecule has 0 radical (unpaired) electrons. The quantitative estimate of drug-likeness (QED) is 0.550. The first-order chi connectivity index (χ1) is 15.1. The molecule has 12 heteroatoms. The van der Waals surface area contributed by atoms with Gasteiger partial charge in [0.25, 0.3) is 17.5 Å². The zero-order valence-corrected chi connectivity index (χ0v) is 16.5. The fourth-order valence-electron chi connectivity index (χ4n) is 3.21. The summed E-state index contributed by atoms with van der Waals surface area (Å²) in [4.78, 5) is 38.6. The van der Waals surface area contributed by atoms with Crippen molar-refractivity contribution < 1.29 is 37.5 Å². The van der Waals surface area contributed by atoms with E-state index in [1.165, 1.54) is 21.9 Å². The Balaban J connectivity index is 1.73. The molecular weight excluding hydrogens is 435 g/mol. The molecule has 1 aliphatic rings. The highest BCUT2D eigenvalue weighted by Crippen LogP contribution is 2.27. The lowest BCUT2D eigenvalue weighted by Crippen LogP contribution is -2.50. The predicted molar refractivity (Wildman–Crippen MR) is 105 cm³/mol. The largest absolute Gasteiger partial charge is 0.507 e. The zero-order valence-electron chi connectivity index (χ0n) is 16.5. The second kappa shape index (κ2) is 9.12. The van der Waals surface area contributed by atoms with Crippen LogP contribution in [-0.4, -0.2) is 70.6 Å². The van der Waals surface area contributed by atoms with Crippen LogP contribution >= 0.6 is 0 Å². The van der Waals surface area contributed by atoms with Crippen molar-refractivity contribution in [3.8, 4) is 11.5 Å². The summed E-state index contributed by atoms with van der Waals surface area (Å²) in [6, 6.07) is 8.82. The highest BCUT2D eigenvalue weighted by Gasteiger charge is 2.32. The number of phenols is 1. The van der Waals surface area contributed by atoms with Crippen molar-refractivity contribution in [3.05, 3.63) is 63.7 Å². The van der Waals surface area contributed by atoms with Crippen molar-refractivity contribution in [1.29, 1.82) is 0 Å². The average Bonchev–Trinajstić information content (AvgIpc) is 2.76. The maximum absolute atomic E-state index is 12.9. The summed E-state index contributed by atoms with van der Waals surface area (Å²) in [5.41, 5.74) is -0.866. The van der Waals surface area contributed by atoms with Crippen molar-refractivity contribution >= 4 is 17.5 Å². The smallest absolute Gasteiger partial charge is 0.422 e. The Hall–Kier alpha value is -3.83. The molecule has 1 fully saturated rings. The second-order valence-electron chi connectivity index (χ2n) is 6.94. The number of hydrogen-bond donors (Lipinski definition) is 1. The van der Waals surface area contributed by atoms with E-state index in [-0.39, 0.29) is 43.2 Å². The van der Waals surface area contributed by atoms with Gasteiger partial charge in [-0.2, -0.15) is 13.2 Å². The summed E-state index contributed by atoms with van der Waals surface area (Å²) in [6.07, 6.45) is -4.61. The normalized spacial score (nSPS) is 14.2. The van der Waals surface area contributed by atoms with Crippen LogP contribution in [0.25, 0.3) is 0 Å². The van der Waals surface area contributed by atoms with Crippen LogP contribution in [0.3, 0.4) is 0 Å². The second-order valence-corrected chi connectivity index (χ2v) is 6.94. The van der Waals surface area contributed by atoms with E-state index in [4.69, 9.17) is 0 Å². The van der Waals surface area contributed by atoms with E-state index >= 15 is 0 Å². The topological polar surface area (TPSA) is 113 Å². The number of alkyl halides is 3. The Bertz CT molecular complexity index is 1040. The fraction of sp³-hybridized carbons (Fsp3) is 0.300. The lowest BCUT2D eigenvalue weighted by atomic mass is 10.1. The summed E-state index contributed by atoms with van der Waals surface area (Å²) >= 11 is 0. The molecule has 0 saturated carbocycles. The lowest BCUT2D eigenvalue weighted by Gasteiger charge is -2.34. The maximum Gasteiger partial charge on any atom is 0.422 e. The number of nitro benzene ring substituents is 1. The number of ether oxygens (including phenoxy) is 1. The standard InChI is InChI=1S/C20H18F3N3O6/c21-20(22,23)12-32-13-5-6-16(26(30)31)15(11-13)19(29)25-9-7-24(8-10-25)18(28)14-3-1-2-4-17(14)27/h1-6,11,27H,7-10,12H2. The zero-order chi connectivity index (χ0) is 23.5. The van der Waals surface area contributed by atoms with Crippen LogP contribution in [0.4, 0.5) is 18.9 Å². The average molecular weight is 453 g/mol. The molecule has 170 valence electrons. The highest BCUT2D eigenvalue weighted by molar-refractivity contribution is 5.99. The number of benzene rings is 2.